The number of anilines is 1. The Morgan fingerprint density at radius 1 is 0.745 bits per heavy atom. The summed E-state index contributed by atoms with van der Waals surface area (Å²) in [6, 6.07) is 24.9. The molecule has 0 radical (unpaired) electrons. The highest BCUT2D eigenvalue weighted by Crippen LogP contribution is 2.38. The van der Waals surface area contributed by atoms with Crippen LogP contribution >= 0.6 is 0 Å². The first-order valence-electron chi connectivity index (χ1n) is 16.4. The summed E-state index contributed by atoms with van der Waals surface area (Å²) in [6.45, 7) is 6.89. The van der Waals surface area contributed by atoms with Gasteiger partial charge < -0.3 is 29.2 Å². The molecule has 0 spiro atoms. The van der Waals surface area contributed by atoms with Gasteiger partial charge in [0.1, 0.15) is 24.1 Å². The van der Waals surface area contributed by atoms with Gasteiger partial charge in [-0.1, -0.05) is 60.2 Å². The molecule has 4 aromatic carbocycles. The van der Waals surface area contributed by atoms with E-state index in [0.717, 1.165) is 21.0 Å². The molecule has 51 heavy (non-hydrogen) atoms. The van der Waals surface area contributed by atoms with Crippen molar-refractivity contribution in [3.63, 3.8) is 0 Å². The molecular formula is C39H47N3O8S. The van der Waals surface area contributed by atoms with Gasteiger partial charge in [0.25, 0.3) is 10.0 Å². The second kappa shape index (κ2) is 16.7. The average molecular weight is 718 g/mol. The van der Waals surface area contributed by atoms with E-state index in [2.05, 4.69) is 5.32 Å². The zero-order valence-electron chi connectivity index (χ0n) is 30.4. The van der Waals surface area contributed by atoms with Crippen LogP contribution in [0.5, 0.6) is 23.0 Å². The van der Waals surface area contributed by atoms with E-state index in [1.807, 2.05) is 82.3 Å². The van der Waals surface area contributed by atoms with E-state index in [1.54, 1.807) is 12.1 Å². The monoisotopic (exact) mass is 717 g/mol. The molecule has 0 aliphatic carbocycles. The fourth-order valence-electron chi connectivity index (χ4n) is 5.62. The van der Waals surface area contributed by atoms with Crippen molar-refractivity contribution in [1.82, 2.24) is 10.2 Å². The van der Waals surface area contributed by atoms with E-state index in [0.29, 0.717) is 11.5 Å². The number of rotatable bonds is 15. The molecular weight excluding hydrogens is 671 g/mol. The van der Waals surface area contributed by atoms with Crippen LogP contribution < -0.4 is 28.6 Å². The van der Waals surface area contributed by atoms with Crippen LogP contribution in [0.15, 0.2) is 95.9 Å². The molecule has 0 fully saturated rings. The summed E-state index contributed by atoms with van der Waals surface area (Å²) in [6.07, 6.45) is 0.186. The van der Waals surface area contributed by atoms with E-state index in [4.69, 9.17) is 18.9 Å². The Hall–Kier alpha value is -5.23. The molecule has 0 aliphatic rings. The molecule has 0 unspecified atom stereocenters. The van der Waals surface area contributed by atoms with Crippen LogP contribution in [0.4, 0.5) is 5.69 Å². The van der Waals surface area contributed by atoms with E-state index in [1.165, 1.54) is 57.6 Å². The number of benzene rings is 4. The predicted molar refractivity (Wildman–Crippen MR) is 197 cm³/mol. The van der Waals surface area contributed by atoms with Crippen molar-refractivity contribution in [1.29, 1.82) is 0 Å². The summed E-state index contributed by atoms with van der Waals surface area (Å²) in [5.41, 5.74) is 2.03. The van der Waals surface area contributed by atoms with Crippen LogP contribution in [-0.4, -0.2) is 71.7 Å². The lowest BCUT2D eigenvalue weighted by atomic mass is 10.0. The highest BCUT2D eigenvalue weighted by Gasteiger charge is 2.37. The number of ether oxygens (including phenoxy) is 4. The minimum absolute atomic E-state index is 0.0368. The van der Waals surface area contributed by atoms with Crippen molar-refractivity contribution in [3.05, 3.63) is 108 Å². The summed E-state index contributed by atoms with van der Waals surface area (Å²) >= 11 is 0. The van der Waals surface area contributed by atoms with Gasteiger partial charge >= 0.3 is 0 Å². The van der Waals surface area contributed by atoms with Crippen molar-refractivity contribution < 1.29 is 37.0 Å². The lowest BCUT2D eigenvalue weighted by molar-refractivity contribution is -0.140. The first-order chi connectivity index (χ1) is 24.2. The topological polar surface area (TPSA) is 124 Å². The molecule has 272 valence electrons. The van der Waals surface area contributed by atoms with Crippen LogP contribution in [0.1, 0.15) is 37.5 Å². The van der Waals surface area contributed by atoms with Gasteiger partial charge in [0.15, 0.2) is 11.5 Å². The SMILES string of the molecule is COc1ccc(OC)c(N(CC(=O)N(Cc2cccc(C)c2)[C@@H](Cc2ccccc2)C(=O)NC(C)(C)C)S(=O)(=O)c2ccc(OC)c(OC)c2)c1. The quantitative estimate of drug-likeness (QED) is 0.164. The van der Waals surface area contributed by atoms with Crippen molar-refractivity contribution >= 4 is 27.5 Å². The minimum atomic E-state index is -4.50. The average Bonchev–Trinajstić information content (AvgIpc) is 3.10. The van der Waals surface area contributed by atoms with E-state index < -0.39 is 34.1 Å². The predicted octanol–water partition coefficient (Wildman–Crippen LogP) is 5.78. The van der Waals surface area contributed by atoms with Gasteiger partial charge in [0.05, 0.1) is 39.0 Å². The number of nitrogens with zero attached hydrogens (tertiary/aromatic N) is 2. The van der Waals surface area contributed by atoms with Crippen LogP contribution in [0.2, 0.25) is 0 Å². The van der Waals surface area contributed by atoms with Crippen molar-refractivity contribution in [3.8, 4) is 23.0 Å². The zero-order chi connectivity index (χ0) is 37.3. The van der Waals surface area contributed by atoms with E-state index >= 15 is 0 Å². The molecule has 0 heterocycles. The molecule has 0 saturated heterocycles. The normalized spacial score (nSPS) is 12.0. The van der Waals surface area contributed by atoms with Crippen LogP contribution in [0.25, 0.3) is 0 Å². The third kappa shape index (κ3) is 9.72. The Labute approximate surface area is 301 Å². The molecule has 1 atom stereocenters. The zero-order valence-corrected chi connectivity index (χ0v) is 31.2. The molecule has 1 N–H and O–H groups in total. The fourth-order valence-corrected chi connectivity index (χ4v) is 7.06. The lowest BCUT2D eigenvalue weighted by Crippen LogP contribution is -2.56. The molecule has 0 aromatic heterocycles. The van der Waals surface area contributed by atoms with Crippen molar-refractivity contribution in [2.45, 2.75) is 57.1 Å². The number of aryl methyl sites for hydroxylation is 1. The van der Waals surface area contributed by atoms with Crippen LogP contribution in [-0.2, 0) is 32.6 Å². The minimum Gasteiger partial charge on any atom is -0.497 e. The number of hydrogen-bond acceptors (Lipinski definition) is 8. The van der Waals surface area contributed by atoms with Gasteiger partial charge in [0.2, 0.25) is 11.8 Å². The first kappa shape index (κ1) is 38.6. The van der Waals surface area contributed by atoms with Crippen LogP contribution in [0.3, 0.4) is 0 Å². The lowest BCUT2D eigenvalue weighted by Gasteiger charge is -2.35. The smallest absolute Gasteiger partial charge is 0.265 e. The summed E-state index contributed by atoms with van der Waals surface area (Å²) in [4.78, 5) is 30.3. The second-order valence-electron chi connectivity index (χ2n) is 13.0. The van der Waals surface area contributed by atoms with Crippen molar-refractivity contribution in [2.75, 3.05) is 39.3 Å². The molecule has 0 saturated carbocycles. The molecule has 4 aromatic rings. The van der Waals surface area contributed by atoms with Gasteiger partial charge in [-0.05, 0) is 63.1 Å². The maximum absolute atomic E-state index is 14.9. The maximum atomic E-state index is 14.9. The number of sulfonamides is 1. The van der Waals surface area contributed by atoms with Gasteiger partial charge in [-0.15, -0.1) is 0 Å². The highest BCUT2D eigenvalue weighted by molar-refractivity contribution is 7.92. The van der Waals surface area contributed by atoms with Gasteiger partial charge in [-0.3, -0.25) is 13.9 Å². The standard InChI is InChI=1S/C39H47N3O8S/c1-27-13-12-16-29(21-27)25-41(33(38(44)40-39(2,3)4)22-28-14-10-9-11-15-28)37(43)26-42(32-23-30(47-5)17-19-34(32)48-6)51(45,46)31-18-20-35(49-7)36(24-31)50-8/h9-21,23-24,33H,22,25-26H2,1-8H3,(H,40,44)/t33-/m0/s1. The second-order valence-corrected chi connectivity index (χ2v) is 14.9. The Balaban J connectivity index is 1.91. The molecule has 4 rings (SSSR count). The van der Waals surface area contributed by atoms with Crippen LogP contribution in [0, 0.1) is 6.92 Å². The first-order valence-corrected chi connectivity index (χ1v) is 17.8. The molecule has 11 nitrogen and oxygen atoms in total. The van der Waals surface area contributed by atoms with Gasteiger partial charge in [0, 0.05) is 30.6 Å². The fraction of sp³-hybridized carbons (Fsp3) is 0.333. The van der Waals surface area contributed by atoms with E-state index in [-0.39, 0.29) is 41.0 Å². The third-order valence-electron chi connectivity index (χ3n) is 8.08. The largest absolute Gasteiger partial charge is 0.497 e. The number of carbonyl (C=O) groups is 2. The van der Waals surface area contributed by atoms with Gasteiger partial charge in [-0.25, -0.2) is 8.42 Å². The number of hydrogen-bond donors (Lipinski definition) is 1. The third-order valence-corrected chi connectivity index (χ3v) is 9.84. The summed E-state index contributed by atoms with van der Waals surface area (Å²) in [5.74, 6) is 0.0513. The molecule has 2 amide bonds. The number of methoxy groups -OCH3 is 4. The number of amides is 2. The summed E-state index contributed by atoms with van der Waals surface area (Å²) in [7, 11) is 1.21. The Morgan fingerprint density at radius 2 is 1.39 bits per heavy atom. The summed E-state index contributed by atoms with van der Waals surface area (Å²) < 4.78 is 52.2. The highest BCUT2D eigenvalue weighted by atomic mass is 32.2. The number of nitrogens with one attached hydrogen (secondary N) is 1. The maximum Gasteiger partial charge on any atom is 0.265 e. The Bertz CT molecular complexity index is 1930. The summed E-state index contributed by atoms with van der Waals surface area (Å²) in [5, 5.41) is 3.04. The van der Waals surface area contributed by atoms with E-state index in [9.17, 15) is 18.0 Å². The Morgan fingerprint density at radius 3 is 2.00 bits per heavy atom. The molecule has 0 aliphatic heterocycles. The Kier molecular flexibility index (Phi) is 12.6. The molecule has 12 heteroatoms. The number of carbonyl (C=O) groups excluding carboxylic acids is 2. The molecule has 0 bridgehead atoms. The van der Waals surface area contributed by atoms with Crippen molar-refractivity contribution in [2.24, 2.45) is 0 Å². The van der Waals surface area contributed by atoms with Gasteiger partial charge in [-0.2, -0.15) is 0 Å².